The number of Topliss-reactive ketones (excluding diaryl/α,β-unsaturated/α-hetero) is 1. The van der Waals surface area contributed by atoms with Crippen molar-refractivity contribution in [2.75, 3.05) is 0 Å². The van der Waals surface area contributed by atoms with Crippen molar-refractivity contribution < 1.29 is 14.3 Å². The van der Waals surface area contributed by atoms with Gasteiger partial charge in [-0.05, 0) is 32.0 Å². The van der Waals surface area contributed by atoms with Gasteiger partial charge in [0.25, 0.3) is 5.56 Å². The number of hydrogen-bond acceptors (Lipinski definition) is 5. The standard InChI is InChI=1S/C22H19N3O4/c1-13-20(15-7-3-6-10-18(15)24-13)21(27)14(2)29-19(26)11-25-12-23-17-9-5-4-8-16(17)22(25)28/h3-10,12,14,24H,11H2,1-2H3/t14-/m0/s1. The minimum atomic E-state index is -0.982. The summed E-state index contributed by atoms with van der Waals surface area (Å²) < 4.78 is 6.50. The second kappa shape index (κ2) is 7.35. The summed E-state index contributed by atoms with van der Waals surface area (Å²) in [6.45, 7) is 3.02. The van der Waals surface area contributed by atoms with Gasteiger partial charge in [0.15, 0.2) is 6.10 Å². The molecular formula is C22H19N3O4. The van der Waals surface area contributed by atoms with Crippen molar-refractivity contribution in [3.8, 4) is 0 Å². The number of carbonyl (C=O) groups excluding carboxylic acids is 2. The molecule has 2 heterocycles. The Morgan fingerprint density at radius 3 is 2.59 bits per heavy atom. The summed E-state index contributed by atoms with van der Waals surface area (Å²) in [5, 5.41) is 1.20. The van der Waals surface area contributed by atoms with Gasteiger partial charge >= 0.3 is 5.97 Å². The van der Waals surface area contributed by atoms with E-state index in [-0.39, 0.29) is 17.9 Å². The fourth-order valence-corrected chi connectivity index (χ4v) is 3.44. The average Bonchev–Trinajstić information content (AvgIpc) is 3.05. The number of aryl methyl sites for hydroxylation is 1. The topological polar surface area (TPSA) is 94.1 Å². The van der Waals surface area contributed by atoms with E-state index < -0.39 is 12.1 Å². The SMILES string of the molecule is Cc1[nH]c2ccccc2c1C(=O)[C@H](C)OC(=O)Cn1cnc2ccccc2c1=O. The minimum absolute atomic E-state index is 0.294. The number of carbonyl (C=O) groups is 2. The fraction of sp³-hybridized carbons (Fsp3) is 0.182. The Morgan fingerprint density at radius 1 is 1.10 bits per heavy atom. The largest absolute Gasteiger partial charge is 0.453 e. The lowest BCUT2D eigenvalue weighted by Gasteiger charge is -2.13. The maximum Gasteiger partial charge on any atom is 0.326 e. The van der Waals surface area contributed by atoms with Crippen molar-refractivity contribution in [3.05, 3.63) is 76.5 Å². The molecule has 0 radical (unpaired) electrons. The van der Waals surface area contributed by atoms with E-state index in [9.17, 15) is 14.4 Å². The van der Waals surface area contributed by atoms with Gasteiger partial charge in [-0.3, -0.25) is 19.0 Å². The number of nitrogens with zero attached hydrogens (tertiary/aromatic N) is 2. The number of ether oxygens (including phenoxy) is 1. The number of benzene rings is 2. The third-order valence-electron chi connectivity index (χ3n) is 4.85. The molecule has 29 heavy (non-hydrogen) atoms. The Labute approximate surface area is 165 Å². The van der Waals surface area contributed by atoms with E-state index in [0.717, 1.165) is 10.9 Å². The van der Waals surface area contributed by atoms with Gasteiger partial charge in [0.05, 0.1) is 17.2 Å². The maximum absolute atomic E-state index is 12.9. The zero-order valence-corrected chi connectivity index (χ0v) is 16.0. The molecule has 1 atom stereocenters. The highest BCUT2D eigenvalue weighted by Crippen LogP contribution is 2.23. The number of rotatable bonds is 5. The molecule has 7 heteroatoms. The molecule has 0 amide bonds. The number of aromatic nitrogens is 3. The van der Waals surface area contributed by atoms with Crippen molar-refractivity contribution in [1.82, 2.24) is 14.5 Å². The number of hydrogen-bond donors (Lipinski definition) is 1. The Balaban J connectivity index is 1.52. The molecule has 0 aliphatic rings. The molecule has 7 nitrogen and oxygen atoms in total. The van der Waals surface area contributed by atoms with Crippen LogP contribution in [0.25, 0.3) is 21.8 Å². The third-order valence-corrected chi connectivity index (χ3v) is 4.85. The second-order valence-electron chi connectivity index (χ2n) is 6.86. The van der Waals surface area contributed by atoms with E-state index in [1.807, 2.05) is 31.2 Å². The van der Waals surface area contributed by atoms with Crippen LogP contribution in [0, 0.1) is 6.92 Å². The lowest BCUT2D eigenvalue weighted by Crippen LogP contribution is -2.30. The Bertz CT molecular complexity index is 1300. The van der Waals surface area contributed by atoms with E-state index in [1.54, 1.807) is 24.3 Å². The Hall–Kier alpha value is -3.74. The zero-order valence-electron chi connectivity index (χ0n) is 16.0. The number of H-pyrrole nitrogens is 1. The molecule has 146 valence electrons. The molecule has 2 aromatic heterocycles. The van der Waals surface area contributed by atoms with Gasteiger partial charge in [-0.15, -0.1) is 0 Å². The van der Waals surface area contributed by atoms with Crippen LogP contribution in [0.5, 0.6) is 0 Å². The molecule has 4 aromatic rings. The van der Waals surface area contributed by atoms with Gasteiger partial charge in [-0.25, -0.2) is 4.98 Å². The average molecular weight is 389 g/mol. The summed E-state index contributed by atoms with van der Waals surface area (Å²) in [7, 11) is 0. The number of aromatic amines is 1. The highest BCUT2D eigenvalue weighted by Gasteiger charge is 2.24. The summed E-state index contributed by atoms with van der Waals surface area (Å²) >= 11 is 0. The highest BCUT2D eigenvalue weighted by atomic mass is 16.5. The molecule has 4 rings (SSSR count). The summed E-state index contributed by atoms with van der Waals surface area (Å²) in [6.07, 6.45) is 0.326. The number of esters is 1. The molecule has 0 spiro atoms. The van der Waals surface area contributed by atoms with Gasteiger partial charge in [0, 0.05) is 22.2 Å². The van der Waals surface area contributed by atoms with Gasteiger partial charge in [-0.1, -0.05) is 30.3 Å². The van der Waals surface area contributed by atoms with Gasteiger partial charge in [-0.2, -0.15) is 0 Å². The molecule has 0 saturated heterocycles. The van der Waals surface area contributed by atoms with Crippen LogP contribution in [0.15, 0.2) is 59.7 Å². The van der Waals surface area contributed by atoms with Gasteiger partial charge in [0.2, 0.25) is 5.78 Å². The van der Waals surface area contributed by atoms with E-state index in [4.69, 9.17) is 4.74 Å². The van der Waals surface area contributed by atoms with Crippen LogP contribution >= 0.6 is 0 Å². The van der Waals surface area contributed by atoms with Crippen LogP contribution < -0.4 is 5.56 Å². The molecular weight excluding hydrogens is 370 g/mol. The molecule has 1 N–H and O–H groups in total. The van der Waals surface area contributed by atoms with E-state index in [0.29, 0.717) is 22.2 Å². The minimum Gasteiger partial charge on any atom is -0.453 e. The molecule has 0 fully saturated rings. The van der Waals surface area contributed by atoms with Crippen LogP contribution in [0.4, 0.5) is 0 Å². The lowest BCUT2D eigenvalue weighted by atomic mass is 10.0. The van der Waals surface area contributed by atoms with Crippen molar-refractivity contribution in [2.24, 2.45) is 0 Å². The second-order valence-corrected chi connectivity index (χ2v) is 6.86. The number of nitrogens with one attached hydrogen (secondary N) is 1. The number of fused-ring (bicyclic) bond motifs is 2. The van der Waals surface area contributed by atoms with E-state index in [1.165, 1.54) is 17.8 Å². The fourth-order valence-electron chi connectivity index (χ4n) is 3.44. The number of ketones is 1. The van der Waals surface area contributed by atoms with Crippen LogP contribution in [0.2, 0.25) is 0 Å². The van der Waals surface area contributed by atoms with E-state index >= 15 is 0 Å². The molecule has 0 aliphatic heterocycles. The number of para-hydroxylation sites is 2. The molecule has 0 saturated carbocycles. The first-order valence-electron chi connectivity index (χ1n) is 9.21. The van der Waals surface area contributed by atoms with E-state index in [2.05, 4.69) is 9.97 Å². The van der Waals surface area contributed by atoms with Crippen LogP contribution in [-0.2, 0) is 16.1 Å². The zero-order chi connectivity index (χ0) is 20.5. The van der Waals surface area contributed by atoms with Crippen molar-refractivity contribution in [2.45, 2.75) is 26.5 Å². The first kappa shape index (κ1) is 18.6. The van der Waals surface area contributed by atoms with Gasteiger partial charge in [0.1, 0.15) is 6.54 Å². The monoisotopic (exact) mass is 389 g/mol. The summed E-state index contributed by atoms with van der Waals surface area (Å²) in [6, 6.07) is 14.4. The predicted molar refractivity (Wildman–Crippen MR) is 109 cm³/mol. The Kier molecular flexibility index (Phi) is 4.72. The first-order valence-corrected chi connectivity index (χ1v) is 9.21. The predicted octanol–water partition coefficient (Wildman–Crippen LogP) is 3.00. The Morgan fingerprint density at radius 2 is 1.79 bits per heavy atom. The van der Waals surface area contributed by atoms with Crippen molar-refractivity contribution in [3.63, 3.8) is 0 Å². The molecule has 0 bridgehead atoms. The van der Waals surface area contributed by atoms with Crippen LogP contribution in [0.1, 0.15) is 23.0 Å². The van der Waals surface area contributed by atoms with Crippen LogP contribution in [0.3, 0.4) is 0 Å². The molecule has 0 aliphatic carbocycles. The van der Waals surface area contributed by atoms with Crippen LogP contribution in [-0.4, -0.2) is 32.4 Å². The van der Waals surface area contributed by atoms with Gasteiger partial charge < -0.3 is 9.72 Å². The van der Waals surface area contributed by atoms with Crippen molar-refractivity contribution in [1.29, 1.82) is 0 Å². The lowest BCUT2D eigenvalue weighted by molar-refractivity contribution is -0.147. The molecule has 0 unspecified atom stereocenters. The quantitative estimate of drug-likeness (QED) is 0.418. The first-order chi connectivity index (χ1) is 14.0. The smallest absolute Gasteiger partial charge is 0.326 e. The van der Waals surface area contributed by atoms with Crippen molar-refractivity contribution >= 4 is 33.6 Å². The molecule has 2 aromatic carbocycles. The summed E-state index contributed by atoms with van der Waals surface area (Å²) in [5.74, 6) is -0.972. The summed E-state index contributed by atoms with van der Waals surface area (Å²) in [4.78, 5) is 45.1. The normalized spacial score (nSPS) is 12.2. The third kappa shape index (κ3) is 3.42. The highest BCUT2D eigenvalue weighted by molar-refractivity contribution is 6.11. The summed E-state index contributed by atoms with van der Waals surface area (Å²) in [5.41, 5.74) is 2.29. The maximum atomic E-state index is 12.9.